The smallest absolute Gasteiger partial charge is 0.0907 e. The molecule has 6 heteroatoms. The number of rotatable bonds is 5. The highest BCUT2D eigenvalue weighted by molar-refractivity contribution is 7.18. The molecule has 0 saturated heterocycles. The lowest BCUT2D eigenvalue weighted by atomic mass is 9.97. The number of benzene rings is 1. The van der Waals surface area contributed by atoms with Crippen LogP contribution in [0.4, 0.5) is 11.4 Å². The molecule has 5 N–H and O–H groups in total. The van der Waals surface area contributed by atoms with Crippen molar-refractivity contribution >= 4 is 32.9 Å². The van der Waals surface area contributed by atoms with Gasteiger partial charge in [0.1, 0.15) is 0 Å². The maximum absolute atomic E-state index is 9.47. The summed E-state index contributed by atoms with van der Waals surface area (Å²) in [6, 6.07) is 3.74. The van der Waals surface area contributed by atoms with Crippen molar-refractivity contribution in [1.82, 2.24) is 4.98 Å². The minimum absolute atomic E-state index is 0.159. The normalized spacial score (nSPS) is 12.0. The zero-order valence-corrected chi connectivity index (χ0v) is 11.9. The standard InChI is InChI=1S/C13H19N3O2S/c1-3-13(6-17,7-18)16-10-5-11-12(4-9(10)14)19-8(2)15-11/h4-5,16-18H,3,6-7,14H2,1-2H3. The molecular weight excluding hydrogens is 262 g/mol. The van der Waals surface area contributed by atoms with Crippen LogP contribution in [0, 0.1) is 6.92 Å². The van der Waals surface area contributed by atoms with E-state index in [-0.39, 0.29) is 13.2 Å². The van der Waals surface area contributed by atoms with Crippen molar-refractivity contribution in [2.24, 2.45) is 0 Å². The van der Waals surface area contributed by atoms with E-state index in [1.165, 1.54) is 0 Å². The molecule has 0 aliphatic heterocycles. The average Bonchev–Trinajstić information content (AvgIpc) is 2.75. The highest BCUT2D eigenvalue weighted by atomic mass is 32.1. The average molecular weight is 281 g/mol. The number of hydrogen-bond acceptors (Lipinski definition) is 6. The number of aliphatic hydroxyl groups excluding tert-OH is 2. The summed E-state index contributed by atoms with van der Waals surface area (Å²) in [5.74, 6) is 0. The number of nitrogens with two attached hydrogens (primary N) is 1. The third-order valence-electron chi connectivity index (χ3n) is 3.35. The van der Waals surface area contributed by atoms with Crippen LogP contribution < -0.4 is 11.1 Å². The van der Waals surface area contributed by atoms with E-state index >= 15 is 0 Å². The van der Waals surface area contributed by atoms with Crippen LogP contribution in [0.3, 0.4) is 0 Å². The van der Waals surface area contributed by atoms with Crippen LogP contribution in [0.15, 0.2) is 12.1 Å². The van der Waals surface area contributed by atoms with E-state index in [1.54, 1.807) is 11.3 Å². The summed E-state index contributed by atoms with van der Waals surface area (Å²) in [6.45, 7) is 3.54. The highest BCUT2D eigenvalue weighted by Crippen LogP contribution is 2.31. The summed E-state index contributed by atoms with van der Waals surface area (Å²) in [7, 11) is 0. The summed E-state index contributed by atoms with van der Waals surface area (Å²) in [4.78, 5) is 4.42. The number of nitrogens with zero attached hydrogens (tertiary/aromatic N) is 1. The molecular formula is C13H19N3O2S. The van der Waals surface area contributed by atoms with Gasteiger partial charge in [-0.1, -0.05) is 6.92 Å². The van der Waals surface area contributed by atoms with Gasteiger partial charge in [-0.05, 0) is 25.5 Å². The molecule has 0 spiro atoms. The number of aliphatic hydroxyl groups is 2. The highest BCUT2D eigenvalue weighted by Gasteiger charge is 2.27. The Hall–Kier alpha value is -1.37. The molecule has 0 amide bonds. The Morgan fingerprint density at radius 2 is 2.05 bits per heavy atom. The molecule has 0 radical (unpaired) electrons. The first kappa shape index (κ1) is 14.0. The lowest BCUT2D eigenvalue weighted by Crippen LogP contribution is -2.45. The van der Waals surface area contributed by atoms with Gasteiger partial charge in [0.15, 0.2) is 0 Å². The number of nitrogens with one attached hydrogen (secondary N) is 1. The number of aryl methyl sites for hydroxylation is 1. The fraction of sp³-hybridized carbons (Fsp3) is 0.462. The summed E-state index contributed by atoms with van der Waals surface area (Å²) in [6.07, 6.45) is 0.591. The van der Waals surface area contributed by atoms with Gasteiger partial charge in [0.05, 0.1) is 45.4 Å². The van der Waals surface area contributed by atoms with Crippen LogP contribution in [0.1, 0.15) is 18.4 Å². The van der Waals surface area contributed by atoms with E-state index in [0.29, 0.717) is 17.8 Å². The first-order valence-corrected chi connectivity index (χ1v) is 7.02. The predicted molar refractivity (Wildman–Crippen MR) is 79.6 cm³/mol. The fourth-order valence-electron chi connectivity index (χ4n) is 1.94. The maximum atomic E-state index is 9.47. The van der Waals surface area contributed by atoms with Crippen molar-refractivity contribution in [1.29, 1.82) is 0 Å². The van der Waals surface area contributed by atoms with Crippen LogP contribution >= 0.6 is 11.3 Å². The Morgan fingerprint density at radius 1 is 1.37 bits per heavy atom. The summed E-state index contributed by atoms with van der Waals surface area (Å²) >= 11 is 1.59. The first-order chi connectivity index (χ1) is 9.03. The molecule has 19 heavy (non-hydrogen) atoms. The van der Waals surface area contributed by atoms with E-state index in [1.807, 2.05) is 26.0 Å². The second-order valence-corrected chi connectivity index (χ2v) is 5.95. The van der Waals surface area contributed by atoms with Crippen molar-refractivity contribution in [2.45, 2.75) is 25.8 Å². The van der Waals surface area contributed by atoms with Crippen molar-refractivity contribution in [3.63, 3.8) is 0 Å². The molecule has 1 aromatic heterocycles. The Balaban J connectivity index is 2.41. The van der Waals surface area contributed by atoms with Gasteiger partial charge in [-0.3, -0.25) is 0 Å². The number of thiazole rings is 1. The van der Waals surface area contributed by atoms with Gasteiger partial charge in [-0.25, -0.2) is 4.98 Å². The van der Waals surface area contributed by atoms with Crippen LogP contribution in [0.25, 0.3) is 10.2 Å². The molecule has 0 aliphatic rings. The topological polar surface area (TPSA) is 91.4 Å². The Morgan fingerprint density at radius 3 is 2.63 bits per heavy atom. The molecule has 0 bridgehead atoms. The zero-order chi connectivity index (χ0) is 14.0. The Labute approximate surface area is 116 Å². The van der Waals surface area contributed by atoms with Crippen LogP contribution in [0.5, 0.6) is 0 Å². The van der Waals surface area contributed by atoms with Gasteiger partial charge in [0, 0.05) is 0 Å². The largest absolute Gasteiger partial charge is 0.397 e. The van der Waals surface area contributed by atoms with Gasteiger partial charge in [0.2, 0.25) is 0 Å². The molecule has 2 aromatic rings. The lowest BCUT2D eigenvalue weighted by Gasteiger charge is -2.31. The molecule has 1 heterocycles. The van der Waals surface area contributed by atoms with Gasteiger partial charge < -0.3 is 21.3 Å². The van der Waals surface area contributed by atoms with E-state index < -0.39 is 5.54 Å². The molecule has 0 atom stereocenters. The number of aromatic nitrogens is 1. The summed E-state index contributed by atoms with van der Waals surface area (Å²) < 4.78 is 1.04. The van der Waals surface area contributed by atoms with Crippen molar-refractivity contribution in [3.05, 3.63) is 17.1 Å². The molecule has 5 nitrogen and oxygen atoms in total. The van der Waals surface area contributed by atoms with Gasteiger partial charge >= 0.3 is 0 Å². The summed E-state index contributed by atoms with van der Waals surface area (Å²) in [5.41, 5.74) is 7.43. The maximum Gasteiger partial charge on any atom is 0.0907 e. The van der Waals surface area contributed by atoms with Crippen LogP contribution in [-0.4, -0.2) is 33.9 Å². The quantitative estimate of drug-likeness (QED) is 0.627. The molecule has 0 fully saturated rings. The van der Waals surface area contributed by atoms with E-state index in [9.17, 15) is 10.2 Å². The molecule has 104 valence electrons. The summed E-state index contributed by atoms with van der Waals surface area (Å²) in [5, 5.41) is 23.1. The molecule has 0 unspecified atom stereocenters. The minimum atomic E-state index is -0.757. The third kappa shape index (κ3) is 2.65. The van der Waals surface area contributed by atoms with Gasteiger partial charge in [-0.15, -0.1) is 11.3 Å². The number of fused-ring (bicyclic) bond motifs is 1. The van der Waals surface area contributed by atoms with Crippen molar-refractivity contribution in [3.8, 4) is 0 Å². The van der Waals surface area contributed by atoms with E-state index in [4.69, 9.17) is 5.73 Å². The predicted octanol–water partition coefficient (Wildman–Crippen LogP) is 1.73. The molecule has 2 rings (SSSR count). The van der Waals surface area contributed by atoms with E-state index in [2.05, 4.69) is 10.3 Å². The number of hydrogen-bond donors (Lipinski definition) is 4. The lowest BCUT2D eigenvalue weighted by molar-refractivity contribution is 0.132. The van der Waals surface area contributed by atoms with Gasteiger partial charge in [0.25, 0.3) is 0 Å². The van der Waals surface area contributed by atoms with Gasteiger partial charge in [-0.2, -0.15) is 0 Å². The molecule has 0 saturated carbocycles. The monoisotopic (exact) mass is 281 g/mol. The first-order valence-electron chi connectivity index (χ1n) is 6.20. The Bertz CT molecular complexity index is 570. The van der Waals surface area contributed by atoms with Crippen LogP contribution in [0.2, 0.25) is 0 Å². The number of anilines is 2. The second kappa shape index (κ2) is 5.32. The van der Waals surface area contributed by atoms with E-state index in [0.717, 1.165) is 15.2 Å². The SMILES string of the molecule is CCC(CO)(CO)Nc1cc2nc(C)sc2cc1N. The van der Waals surface area contributed by atoms with Crippen LogP contribution in [-0.2, 0) is 0 Å². The van der Waals surface area contributed by atoms with Crippen molar-refractivity contribution < 1.29 is 10.2 Å². The third-order valence-corrected chi connectivity index (χ3v) is 4.28. The molecule has 0 aliphatic carbocycles. The zero-order valence-electron chi connectivity index (χ0n) is 11.1. The fourth-order valence-corrected chi connectivity index (χ4v) is 2.80. The Kier molecular flexibility index (Phi) is 3.93. The molecule has 1 aromatic carbocycles. The number of nitrogen functional groups attached to an aromatic ring is 1. The van der Waals surface area contributed by atoms with Crippen molar-refractivity contribution in [2.75, 3.05) is 24.3 Å². The minimum Gasteiger partial charge on any atom is -0.397 e. The second-order valence-electron chi connectivity index (χ2n) is 4.72.